The lowest BCUT2D eigenvalue weighted by Gasteiger charge is -2.01. The molecule has 0 aliphatic carbocycles. The number of methoxy groups -OCH3 is 1. The first-order valence-electron chi connectivity index (χ1n) is 4.51. The lowest BCUT2D eigenvalue weighted by Crippen LogP contribution is -2.04. The molecule has 1 aromatic rings. The van der Waals surface area contributed by atoms with Crippen LogP contribution in [0.4, 0.5) is 0 Å². The molecule has 0 aliphatic rings. The van der Waals surface area contributed by atoms with Crippen LogP contribution in [0.2, 0.25) is 0 Å². The molecule has 0 aliphatic heterocycles. The third kappa shape index (κ3) is 2.81. The van der Waals surface area contributed by atoms with Gasteiger partial charge >= 0.3 is 5.97 Å². The van der Waals surface area contributed by atoms with Gasteiger partial charge in [0.25, 0.3) is 0 Å². The van der Waals surface area contributed by atoms with Gasteiger partial charge in [0.2, 0.25) is 0 Å². The van der Waals surface area contributed by atoms with Crippen LogP contribution >= 0.6 is 0 Å². The predicted octanol–water partition coefficient (Wildman–Crippen LogP) is 0.759. The lowest BCUT2D eigenvalue weighted by molar-refractivity contribution is 0.0600. The minimum Gasteiger partial charge on any atom is -0.465 e. The molecule has 1 rings (SSSR count). The molecule has 76 valence electrons. The molecule has 2 N–H and O–H groups in total. The molecule has 14 heavy (non-hydrogen) atoms. The molecule has 0 saturated carbocycles. The molecule has 0 unspecified atom stereocenters. The highest BCUT2D eigenvalue weighted by Crippen LogP contribution is 2.03. The zero-order chi connectivity index (χ0) is 10.4. The van der Waals surface area contributed by atoms with E-state index in [-0.39, 0.29) is 5.97 Å². The van der Waals surface area contributed by atoms with Crippen LogP contribution in [0.25, 0.3) is 0 Å². The summed E-state index contributed by atoms with van der Waals surface area (Å²) in [7, 11) is 1.35. The van der Waals surface area contributed by atoms with Crippen LogP contribution in [0.15, 0.2) is 18.3 Å². The largest absolute Gasteiger partial charge is 0.465 e. The Hall–Kier alpha value is -1.42. The third-order valence-corrected chi connectivity index (χ3v) is 1.88. The second-order valence-corrected chi connectivity index (χ2v) is 2.92. The van der Waals surface area contributed by atoms with Gasteiger partial charge in [-0.1, -0.05) is 0 Å². The maximum atomic E-state index is 11.1. The van der Waals surface area contributed by atoms with Crippen molar-refractivity contribution in [3.63, 3.8) is 0 Å². The van der Waals surface area contributed by atoms with Crippen LogP contribution in [0, 0.1) is 0 Å². The minimum atomic E-state index is -0.358. The number of rotatable bonds is 4. The Bertz CT molecular complexity index is 295. The van der Waals surface area contributed by atoms with Crippen LogP contribution in [0.3, 0.4) is 0 Å². The molecule has 0 saturated heterocycles. The van der Waals surface area contributed by atoms with Crippen molar-refractivity contribution in [3.8, 4) is 0 Å². The van der Waals surface area contributed by atoms with Crippen LogP contribution in [0.5, 0.6) is 0 Å². The van der Waals surface area contributed by atoms with Gasteiger partial charge in [-0.3, -0.25) is 4.98 Å². The van der Waals surface area contributed by atoms with Gasteiger partial charge in [-0.15, -0.1) is 0 Å². The van der Waals surface area contributed by atoms with Crippen molar-refractivity contribution < 1.29 is 9.53 Å². The summed E-state index contributed by atoms with van der Waals surface area (Å²) in [6.07, 6.45) is 3.28. The van der Waals surface area contributed by atoms with Crippen molar-refractivity contribution in [3.05, 3.63) is 29.6 Å². The Labute approximate surface area is 83.1 Å². The fourth-order valence-electron chi connectivity index (χ4n) is 1.09. The number of carbonyl (C=O) groups excluding carboxylic acids is 1. The first-order chi connectivity index (χ1) is 6.77. The van der Waals surface area contributed by atoms with Gasteiger partial charge in [0.05, 0.1) is 12.7 Å². The second kappa shape index (κ2) is 5.34. The number of nitrogens with zero attached hydrogens (tertiary/aromatic N) is 1. The molecule has 0 radical (unpaired) electrons. The number of hydrogen-bond donors (Lipinski definition) is 1. The minimum absolute atomic E-state index is 0.358. The van der Waals surface area contributed by atoms with E-state index >= 15 is 0 Å². The Morgan fingerprint density at radius 2 is 2.36 bits per heavy atom. The number of hydrogen-bond acceptors (Lipinski definition) is 4. The van der Waals surface area contributed by atoms with Crippen molar-refractivity contribution in [2.45, 2.75) is 12.8 Å². The molecule has 0 bridgehead atoms. The average molecular weight is 194 g/mol. The van der Waals surface area contributed by atoms with Gasteiger partial charge in [-0.2, -0.15) is 0 Å². The highest BCUT2D eigenvalue weighted by atomic mass is 16.5. The summed E-state index contributed by atoms with van der Waals surface area (Å²) in [5, 5.41) is 0. The number of pyridine rings is 1. The predicted molar refractivity (Wildman–Crippen MR) is 53.0 cm³/mol. The Morgan fingerprint density at radius 1 is 1.57 bits per heavy atom. The molecule has 0 amide bonds. The molecular weight excluding hydrogens is 180 g/mol. The summed E-state index contributed by atoms with van der Waals surface area (Å²) in [5.74, 6) is -0.358. The van der Waals surface area contributed by atoms with Crippen LogP contribution in [-0.4, -0.2) is 24.6 Å². The fraction of sp³-hybridized carbons (Fsp3) is 0.400. The highest BCUT2D eigenvalue weighted by molar-refractivity contribution is 5.88. The maximum Gasteiger partial charge on any atom is 0.339 e. The van der Waals surface area contributed by atoms with Gasteiger partial charge in [-0.25, -0.2) is 4.79 Å². The number of nitrogens with two attached hydrogens (primary N) is 1. The quantitative estimate of drug-likeness (QED) is 0.719. The van der Waals surface area contributed by atoms with Gasteiger partial charge in [0, 0.05) is 11.9 Å². The standard InChI is InChI=1S/C10H14N2O2/c1-14-10(13)8-4-5-9(12-7-8)3-2-6-11/h4-5,7H,2-3,6,11H2,1H3. The maximum absolute atomic E-state index is 11.1. The topological polar surface area (TPSA) is 65.2 Å². The van der Waals surface area contributed by atoms with Crippen LogP contribution in [-0.2, 0) is 11.2 Å². The van der Waals surface area contributed by atoms with E-state index in [9.17, 15) is 4.79 Å². The molecule has 4 heteroatoms. The molecular formula is C10H14N2O2. The smallest absolute Gasteiger partial charge is 0.339 e. The monoisotopic (exact) mass is 194 g/mol. The number of aromatic nitrogens is 1. The van der Waals surface area contributed by atoms with Gasteiger partial charge in [0.1, 0.15) is 0 Å². The number of carbonyl (C=O) groups is 1. The molecule has 0 atom stereocenters. The van der Waals surface area contributed by atoms with Crippen LogP contribution in [0.1, 0.15) is 22.5 Å². The molecule has 0 fully saturated rings. The van der Waals surface area contributed by atoms with Crippen LogP contribution < -0.4 is 5.73 Å². The van der Waals surface area contributed by atoms with Gasteiger partial charge in [-0.05, 0) is 31.5 Å². The van der Waals surface area contributed by atoms with Crippen molar-refractivity contribution >= 4 is 5.97 Å². The molecule has 1 heterocycles. The number of esters is 1. The van der Waals surface area contributed by atoms with Crippen molar-refractivity contribution in [2.24, 2.45) is 5.73 Å². The van der Waals surface area contributed by atoms with E-state index in [0.29, 0.717) is 12.1 Å². The summed E-state index contributed by atoms with van der Waals surface area (Å²) >= 11 is 0. The molecule has 0 aromatic carbocycles. The number of aryl methyl sites for hydroxylation is 1. The van der Waals surface area contributed by atoms with E-state index < -0.39 is 0 Å². The fourth-order valence-corrected chi connectivity index (χ4v) is 1.09. The summed E-state index contributed by atoms with van der Waals surface area (Å²) in [5.41, 5.74) is 6.80. The first kappa shape index (κ1) is 10.7. The van der Waals surface area contributed by atoms with Crippen molar-refractivity contribution in [2.75, 3.05) is 13.7 Å². The Morgan fingerprint density at radius 3 is 2.86 bits per heavy atom. The summed E-state index contributed by atoms with van der Waals surface area (Å²) in [6, 6.07) is 3.53. The number of ether oxygens (including phenoxy) is 1. The first-order valence-corrected chi connectivity index (χ1v) is 4.51. The summed E-state index contributed by atoms with van der Waals surface area (Å²) in [4.78, 5) is 15.2. The van der Waals surface area contributed by atoms with E-state index in [1.807, 2.05) is 6.07 Å². The highest BCUT2D eigenvalue weighted by Gasteiger charge is 2.04. The zero-order valence-electron chi connectivity index (χ0n) is 8.19. The summed E-state index contributed by atoms with van der Waals surface area (Å²) in [6.45, 7) is 0.653. The Kier molecular flexibility index (Phi) is 4.07. The molecule has 0 spiro atoms. The lowest BCUT2D eigenvalue weighted by atomic mass is 10.2. The second-order valence-electron chi connectivity index (χ2n) is 2.92. The molecule has 4 nitrogen and oxygen atoms in total. The van der Waals surface area contributed by atoms with Gasteiger partial charge in [0.15, 0.2) is 0 Å². The normalized spacial score (nSPS) is 9.86. The Balaban J connectivity index is 2.63. The third-order valence-electron chi connectivity index (χ3n) is 1.88. The van der Waals surface area contributed by atoms with E-state index in [1.54, 1.807) is 6.07 Å². The van der Waals surface area contributed by atoms with Crippen molar-refractivity contribution in [1.82, 2.24) is 4.98 Å². The van der Waals surface area contributed by atoms with Crippen molar-refractivity contribution in [1.29, 1.82) is 0 Å². The molecule has 1 aromatic heterocycles. The average Bonchev–Trinajstić information content (AvgIpc) is 2.26. The van der Waals surface area contributed by atoms with Gasteiger partial charge < -0.3 is 10.5 Å². The van der Waals surface area contributed by atoms with E-state index in [0.717, 1.165) is 18.5 Å². The SMILES string of the molecule is COC(=O)c1ccc(CCCN)nc1. The van der Waals surface area contributed by atoms with E-state index in [2.05, 4.69) is 9.72 Å². The summed E-state index contributed by atoms with van der Waals surface area (Å²) < 4.78 is 4.56. The zero-order valence-corrected chi connectivity index (χ0v) is 8.19. The van der Waals surface area contributed by atoms with E-state index in [1.165, 1.54) is 13.3 Å². The van der Waals surface area contributed by atoms with E-state index in [4.69, 9.17) is 5.73 Å².